The van der Waals surface area contributed by atoms with E-state index in [1.807, 2.05) is 0 Å². The van der Waals surface area contributed by atoms with Crippen LogP contribution in [0.1, 0.15) is 10.4 Å². The molecule has 0 aliphatic rings. The lowest BCUT2D eigenvalue weighted by Crippen LogP contribution is -2.13. The van der Waals surface area contributed by atoms with Crippen molar-refractivity contribution in [2.45, 2.75) is 4.90 Å². The highest BCUT2D eigenvalue weighted by Gasteiger charge is 2.15. The molecule has 0 fully saturated rings. The second-order valence-electron chi connectivity index (χ2n) is 4.30. The second-order valence-corrected chi connectivity index (χ2v) is 6.64. The van der Waals surface area contributed by atoms with Crippen LogP contribution in [0, 0.1) is 0 Å². The van der Waals surface area contributed by atoms with Gasteiger partial charge in [0.25, 0.3) is 16.0 Å². The average molecular weight is 386 g/mol. The number of methoxy groups -OCH3 is 1. The Balaban J connectivity index is 2.35. The van der Waals surface area contributed by atoms with Gasteiger partial charge in [-0.3, -0.25) is 9.35 Å². The van der Waals surface area contributed by atoms with Gasteiger partial charge in [-0.15, -0.1) is 0 Å². The molecular formula is C14H12BrNO5S. The van der Waals surface area contributed by atoms with Crippen LogP contribution in [0.25, 0.3) is 0 Å². The Morgan fingerprint density at radius 1 is 1.18 bits per heavy atom. The second kappa shape index (κ2) is 6.47. The lowest BCUT2D eigenvalue weighted by atomic mass is 10.2. The summed E-state index contributed by atoms with van der Waals surface area (Å²) in [4.78, 5) is 11.8. The summed E-state index contributed by atoms with van der Waals surface area (Å²) in [6, 6.07) is 10.3. The summed E-state index contributed by atoms with van der Waals surface area (Å²) in [7, 11) is -2.98. The molecule has 0 bridgehead atoms. The Morgan fingerprint density at radius 2 is 1.82 bits per heavy atom. The zero-order valence-corrected chi connectivity index (χ0v) is 13.8. The monoisotopic (exact) mass is 385 g/mol. The normalized spacial score (nSPS) is 11.0. The number of hydrogen-bond acceptors (Lipinski definition) is 4. The van der Waals surface area contributed by atoms with Crippen molar-refractivity contribution in [1.29, 1.82) is 0 Å². The highest BCUT2D eigenvalue weighted by molar-refractivity contribution is 9.10. The summed E-state index contributed by atoms with van der Waals surface area (Å²) in [5.41, 5.74) is 0.535. The van der Waals surface area contributed by atoms with Gasteiger partial charge in [0, 0.05) is 10.0 Å². The SMILES string of the molecule is COc1ccc(S(=O)(=O)O)cc1NC(=O)c1ccc(Br)cc1. The van der Waals surface area contributed by atoms with E-state index in [1.165, 1.54) is 19.2 Å². The minimum atomic E-state index is -4.37. The number of nitrogens with one attached hydrogen (secondary N) is 1. The molecule has 2 aromatic rings. The first-order valence-corrected chi connectivity index (χ1v) is 8.27. The van der Waals surface area contributed by atoms with Gasteiger partial charge in [-0.1, -0.05) is 15.9 Å². The van der Waals surface area contributed by atoms with Gasteiger partial charge in [-0.25, -0.2) is 0 Å². The van der Waals surface area contributed by atoms with Crippen LogP contribution < -0.4 is 10.1 Å². The maximum Gasteiger partial charge on any atom is 0.294 e. The zero-order chi connectivity index (χ0) is 16.3. The third-order valence-electron chi connectivity index (χ3n) is 2.82. The van der Waals surface area contributed by atoms with Gasteiger partial charge in [-0.2, -0.15) is 8.42 Å². The van der Waals surface area contributed by atoms with Gasteiger partial charge in [0.2, 0.25) is 0 Å². The van der Waals surface area contributed by atoms with E-state index >= 15 is 0 Å². The largest absolute Gasteiger partial charge is 0.495 e. The van der Waals surface area contributed by atoms with E-state index in [2.05, 4.69) is 21.2 Å². The van der Waals surface area contributed by atoms with Crippen molar-refractivity contribution in [3.8, 4) is 5.75 Å². The minimum absolute atomic E-state index is 0.144. The molecule has 8 heteroatoms. The minimum Gasteiger partial charge on any atom is -0.495 e. The van der Waals surface area contributed by atoms with Gasteiger partial charge in [0.1, 0.15) is 5.75 Å². The Bertz CT molecular complexity index is 802. The topological polar surface area (TPSA) is 92.7 Å². The van der Waals surface area contributed by atoms with Crippen LogP contribution in [0.3, 0.4) is 0 Å². The van der Waals surface area contributed by atoms with Gasteiger partial charge < -0.3 is 10.1 Å². The fourth-order valence-corrected chi connectivity index (χ4v) is 2.51. The number of hydrogen-bond donors (Lipinski definition) is 2. The highest BCUT2D eigenvalue weighted by Crippen LogP contribution is 2.28. The van der Waals surface area contributed by atoms with Crippen molar-refractivity contribution < 1.29 is 22.5 Å². The third-order valence-corrected chi connectivity index (χ3v) is 4.20. The predicted molar refractivity (Wildman–Crippen MR) is 84.9 cm³/mol. The van der Waals surface area contributed by atoms with Gasteiger partial charge >= 0.3 is 0 Å². The molecule has 0 saturated heterocycles. The molecule has 2 N–H and O–H groups in total. The van der Waals surface area contributed by atoms with Crippen LogP contribution >= 0.6 is 15.9 Å². The van der Waals surface area contributed by atoms with E-state index in [-0.39, 0.29) is 16.3 Å². The zero-order valence-electron chi connectivity index (χ0n) is 11.4. The molecule has 0 saturated carbocycles. The standard InChI is InChI=1S/C14H12BrNO5S/c1-21-13-7-6-11(22(18,19)20)8-12(13)16-14(17)9-2-4-10(15)5-3-9/h2-8H,1H3,(H,16,17)(H,18,19,20). The quantitative estimate of drug-likeness (QED) is 0.789. The third kappa shape index (κ3) is 3.85. The number of carbonyl (C=O) groups excluding carboxylic acids is 1. The molecule has 22 heavy (non-hydrogen) atoms. The smallest absolute Gasteiger partial charge is 0.294 e. The molecular weight excluding hydrogens is 374 g/mol. The van der Waals surface area contributed by atoms with Crippen molar-refractivity contribution in [3.63, 3.8) is 0 Å². The van der Waals surface area contributed by atoms with E-state index in [4.69, 9.17) is 9.29 Å². The molecule has 0 atom stereocenters. The van der Waals surface area contributed by atoms with Crippen LogP contribution in [-0.2, 0) is 10.1 Å². The lowest BCUT2D eigenvalue weighted by molar-refractivity contribution is 0.102. The lowest BCUT2D eigenvalue weighted by Gasteiger charge is -2.11. The maximum atomic E-state index is 12.2. The summed E-state index contributed by atoms with van der Waals surface area (Å²) >= 11 is 3.27. The molecule has 0 aromatic heterocycles. The van der Waals surface area contributed by atoms with Crippen molar-refractivity contribution in [3.05, 3.63) is 52.5 Å². The van der Waals surface area contributed by atoms with Crippen molar-refractivity contribution in [2.75, 3.05) is 12.4 Å². The van der Waals surface area contributed by atoms with Crippen LogP contribution in [0.15, 0.2) is 51.8 Å². The summed E-state index contributed by atoms with van der Waals surface area (Å²) in [5, 5.41) is 2.55. The Kier molecular flexibility index (Phi) is 4.84. The molecule has 1 amide bonds. The number of ether oxygens (including phenoxy) is 1. The molecule has 0 radical (unpaired) electrons. The molecule has 0 aliphatic carbocycles. The van der Waals surface area contributed by atoms with E-state index < -0.39 is 16.0 Å². The van der Waals surface area contributed by atoms with Crippen LogP contribution in [-0.4, -0.2) is 26.0 Å². The number of amides is 1. The molecule has 0 spiro atoms. The first kappa shape index (κ1) is 16.5. The van der Waals surface area contributed by atoms with Crippen LogP contribution in [0.4, 0.5) is 5.69 Å². The molecule has 0 heterocycles. The van der Waals surface area contributed by atoms with Crippen molar-refractivity contribution in [1.82, 2.24) is 0 Å². The summed E-state index contributed by atoms with van der Waals surface area (Å²) in [6.07, 6.45) is 0. The fourth-order valence-electron chi connectivity index (χ4n) is 1.74. The average Bonchev–Trinajstić information content (AvgIpc) is 2.46. The Labute approximate surface area is 136 Å². The molecule has 0 aliphatic heterocycles. The van der Waals surface area contributed by atoms with E-state index in [9.17, 15) is 13.2 Å². The number of rotatable bonds is 4. The Morgan fingerprint density at radius 3 is 2.36 bits per heavy atom. The molecule has 116 valence electrons. The maximum absolute atomic E-state index is 12.2. The van der Waals surface area contributed by atoms with Crippen LogP contribution in [0.2, 0.25) is 0 Å². The number of halogens is 1. The van der Waals surface area contributed by atoms with E-state index in [0.717, 1.165) is 10.5 Å². The van der Waals surface area contributed by atoms with Crippen LogP contribution in [0.5, 0.6) is 5.75 Å². The Hall–Kier alpha value is -1.90. The van der Waals surface area contributed by atoms with Crippen molar-refractivity contribution in [2.24, 2.45) is 0 Å². The highest BCUT2D eigenvalue weighted by atomic mass is 79.9. The number of carbonyl (C=O) groups is 1. The fraction of sp³-hybridized carbons (Fsp3) is 0.0714. The summed E-state index contributed by atoms with van der Waals surface area (Å²) in [6.45, 7) is 0. The van der Waals surface area contributed by atoms with E-state index in [1.54, 1.807) is 24.3 Å². The van der Waals surface area contributed by atoms with Crippen molar-refractivity contribution >= 4 is 37.6 Å². The number of anilines is 1. The molecule has 2 rings (SSSR count). The first-order valence-electron chi connectivity index (χ1n) is 6.03. The van der Waals surface area contributed by atoms with E-state index in [0.29, 0.717) is 5.56 Å². The molecule has 0 unspecified atom stereocenters. The predicted octanol–water partition coefficient (Wildman–Crippen LogP) is 2.96. The molecule has 6 nitrogen and oxygen atoms in total. The van der Waals surface area contributed by atoms with Gasteiger partial charge in [-0.05, 0) is 42.5 Å². The number of benzene rings is 2. The first-order chi connectivity index (χ1) is 10.3. The summed E-state index contributed by atoms with van der Waals surface area (Å²) < 4.78 is 37.3. The molecule has 2 aromatic carbocycles. The van der Waals surface area contributed by atoms with Gasteiger partial charge in [0.15, 0.2) is 0 Å². The van der Waals surface area contributed by atoms with Gasteiger partial charge in [0.05, 0.1) is 17.7 Å². The summed E-state index contributed by atoms with van der Waals surface area (Å²) in [5.74, 6) is -0.156.